The molecular formula is C23H17BrO3. The Morgan fingerprint density at radius 2 is 1.74 bits per heavy atom. The third kappa shape index (κ3) is 3.96. The van der Waals surface area contributed by atoms with Crippen molar-refractivity contribution in [2.24, 2.45) is 0 Å². The molecule has 1 aliphatic rings. The maximum absolute atomic E-state index is 12.6. The first-order chi connectivity index (χ1) is 13.1. The van der Waals surface area contributed by atoms with Gasteiger partial charge in [-0.3, -0.25) is 4.79 Å². The Kier molecular flexibility index (Phi) is 4.82. The first kappa shape index (κ1) is 17.6. The summed E-state index contributed by atoms with van der Waals surface area (Å²) in [6.45, 7) is 2.48. The number of hydrogen-bond acceptors (Lipinski definition) is 3. The molecule has 0 fully saturated rings. The predicted octanol–water partition coefficient (Wildman–Crippen LogP) is 5.95. The summed E-state index contributed by atoms with van der Waals surface area (Å²) in [5.41, 5.74) is 3.73. The van der Waals surface area contributed by atoms with E-state index in [1.807, 2.05) is 55.5 Å². The number of rotatable bonds is 4. The van der Waals surface area contributed by atoms with Crippen LogP contribution < -0.4 is 9.47 Å². The minimum absolute atomic E-state index is 0.106. The van der Waals surface area contributed by atoms with E-state index in [4.69, 9.17) is 9.47 Å². The molecule has 0 aromatic heterocycles. The van der Waals surface area contributed by atoms with E-state index in [1.54, 1.807) is 24.3 Å². The van der Waals surface area contributed by atoms with Crippen molar-refractivity contribution in [1.82, 2.24) is 0 Å². The lowest BCUT2D eigenvalue weighted by Gasteiger charge is -2.07. The van der Waals surface area contributed by atoms with Gasteiger partial charge in [0.2, 0.25) is 5.78 Å². The molecule has 0 aliphatic carbocycles. The molecule has 0 spiro atoms. The minimum Gasteiger partial charge on any atom is -0.489 e. The van der Waals surface area contributed by atoms with E-state index in [0.29, 0.717) is 29.4 Å². The van der Waals surface area contributed by atoms with Gasteiger partial charge in [-0.2, -0.15) is 0 Å². The second-order valence-electron chi connectivity index (χ2n) is 6.42. The van der Waals surface area contributed by atoms with Crippen LogP contribution in [0.2, 0.25) is 0 Å². The normalized spacial score (nSPS) is 14.1. The maximum atomic E-state index is 12.6. The summed E-state index contributed by atoms with van der Waals surface area (Å²) in [5, 5.41) is 0. The van der Waals surface area contributed by atoms with E-state index >= 15 is 0 Å². The third-order valence-electron chi connectivity index (χ3n) is 4.34. The Morgan fingerprint density at radius 1 is 1.00 bits per heavy atom. The van der Waals surface area contributed by atoms with Crippen LogP contribution in [0, 0.1) is 6.92 Å². The maximum Gasteiger partial charge on any atom is 0.231 e. The van der Waals surface area contributed by atoms with E-state index < -0.39 is 0 Å². The quantitative estimate of drug-likeness (QED) is 0.488. The highest BCUT2D eigenvalue weighted by atomic mass is 79.9. The number of carbonyl (C=O) groups excluding carboxylic acids is 1. The molecule has 1 aliphatic heterocycles. The predicted molar refractivity (Wildman–Crippen MR) is 109 cm³/mol. The molecule has 0 radical (unpaired) electrons. The highest BCUT2D eigenvalue weighted by Gasteiger charge is 2.27. The summed E-state index contributed by atoms with van der Waals surface area (Å²) in [7, 11) is 0. The Bertz CT molecular complexity index is 1020. The van der Waals surface area contributed by atoms with Crippen molar-refractivity contribution in [1.29, 1.82) is 0 Å². The highest BCUT2D eigenvalue weighted by Crippen LogP contribution is 2.35. The lowest BCUT2D eigenvalue weighted by atomic mass is 10.1. The Hall–Kier alpha value is -2.85. The van der Waals surface area contributed by atoms with Crippen molar-refractivity contribution >= 4 is 27.8 Å². The number of fused-ring (bicyclic) bond motifs is 1. The van der Waals surface area contributed by atoms with Crippen LogP contribution in [0.3, 0.4) is 0 Å². The zero-order valence-electron chi connectivity index (χ0n) is 14.7. The van der Waals surface area contributed by atoms with Crippen molar-refractivity contribution in [2.45, 2.75) is 13.5 Å². The van der Waals surface area contributed by atoms with Gasteiger partial charge in [-0.15, -0.1) is 0 Å². The summed E-state index contributed by atoms with van der Waals surface area (Å²) < 4.78 is 12.7. The summed E-state index contributed by atoms with van der Waals surface area (Å²) in [4.78, 5) is 12.6. The molecule has 3 aromatic rings. The van der Waals surface area contributed by atoms with Gasteiger partial charge in [0.15, 0.2) is 5.76 Å². The molecule has 0 atom stereocenters. The van der Waals surface area contributed by atoms with Crippen LogP contribution in [0.25, 0.3) is 6.08 Å². The first-order valence-corrected chi connectivity index (χ1v) is 9.40. The van der Waals surface area contributed by atoms with Crippen molar-refractivity contribution in [3.05, 3.63) is 99.2 Å². The number of ether oxygens (including phenoxy) is 2. The summed E-state index contributed by atoms with van der Waals surface area (Å²) >= 11 is 3.42. The van der Waals surface area contributed by atoms with E-state index in [-0.39, 0.29) is 5.78 Å². The monoisotopic (exact) mass is 420 g/mol. The lowest BCUT2D eigenvalue weighted by molar-refractivity contribution is 0.101. The average Bonchev–Trinajstić information content (AvgIpc) is 2.98. The van der Waals surface area contributed by atoms with Crippen molar-refractivity contribution < 1.29 is 14.3 Å². The van der Waals surface area contributed by atoms with E-state index in [2.05, 4.69) is 15.9 Å². The molecule has 3 nitrogen and oxygen atoms in total. The number of carbonyl (C=O) groups is 1. The summed E-state index contributed by atoms with van der Waals surface area (Å²) in [6, 6.07) is 21.2. The zero-order chi connectivity index (χ0) is 18.8. The fourth-order valence-corrected chi connectivity index (χ4v) is 3.08. The highest BCUT2D eigenvalue weighted by molar-refractivity contribution is 9.10. The molecule has 0 saturated carbocycles. The smallest absolute Gasteiger partial charge is 0.231 e. The van der Waals surface area contributed by atoms with Crippen molar-refractivity contribution in [3.8, 4) is 11.5 Å². The second kappa shape index (κ2) is 7.41. The fourth-order valence-electron chi connectivity index (χ4n) is 2.82. The van der Waals surface area contributed by atoms with Crippen LogP contribution in [-0.4, -0.2) is 5.78 Å². The van der Waals surface area contributed by atoms with E-state index in [9.17, 15) is 4.79 Å². The Balaban J connectivity index is 1.50. The van der Waals surface area contributed by atoms with Crippen molar-refractivity contribution in [3.63, 3.8) is 0 Å². The molecule has 3 aromatic carbocycles. The number of benzene rings is 3. The van der Waals surface area contributed by atoms with Crippen LogP contribution in [0.5, 0.6) is 11.5 Å². The van der Waals surface area contributed by atoms with Crippen LogP contribution >= 0.6 is 15.9 Å². The van der Waals surface area contributed by atoms with Gasteiger partial charge in [0.1, 0.15) is 18.1 Å². The van der Waals surface area contributed by atoms with Crippen LogP contribution in [0.1, 0.15) is 27.0 Å². The number of ketones is 1. The van der Waals surface area contributed by atoms with Gasteiger partial charge in [-0.25, -0.2) is 0 Å². The van der Waals surface area contributed by atoms with Crippen molar-refractivity contribution in [2.75, 3.05) is 0 Å². The van der Waals surface area contributed by atoms with Gasteiger partial charge in [-0.1, -0.05) is 57.9 Å². The van der Waals surface area contributed by atoms with Gasteiger partial charge in [0.25, 0.3) is 0 Å². The van der Waals surface area contributed by atoms with Gasteiger partial charge in [0.05, 0.1) is 5.56 Å². The molecule has 0 amide bonds. The number of hydrogen-bond donors (Lipinski definition) is 0. The number of aryl methyl sites for hydroxylation is 1. The van der Waals surface area contributed by atoms with Gasteiger partial charge < -0.3 is 9.47 Å². The van der Waals surface area contributed by atoms with Crippen LogP contribution in [-0.2, 0) is 6.61 Å². The van der Waals surface area contributed by atoms with Gasteiger partial charge >= 0.3 is 0 Å². The Morgan fingerprint density at radius 3 is 2.48 bits per heavy atom. The largest absolute Gasteiger partial charge is 0.489 e. The molecular weight excluding hydrogens is 404 g/mol. The Labute approximate surface area is 166 Å². The molecule has 134 valence electrons. The first-order valence-electron chi connectivity index (χ1n) is 8.61. The molecule has 1 heterocycles. The number of Topliss-reactive ketones (excluding diaryl/α,β-unsaturated/α-hetero) is 1. The second-order valence-corrected chi connectivity index (χ2v) is 7.34. The fraction of sp³-hybridized carbons (Fsp3) is 0.0870. The van der Waals surface area contributed by atoms with Crippen LogP contribution in [0.15, 0.2) is 77.0 Å². The molecule has 27 heavy (non-hydrogen) atoms. The topological polar surface area (TPSA) is 35.5 Å². The average molecular weight is 421 g/mol. The van der Waals surface area contributed by atoms with E-state index in [1.165, 1.54) is 5.56 Å². The SMILES string of the molecule is Cc1ccc(/C=C2\Oc3cc(OCc4ccc(Br)cc4)ccc3C2=O)cc1. The summed E-state index contributed by atoms with van der Waals surface area (Å²) in [5.74, 6) is 1.43. The number of halogens is 1. The lowest BCUT2D eigenvalue weighted by Crippen LogP contribution is -1.98. The van der Waals surface area contributed by atoms with Gasteiger partial charge in [0, 0.05) is 10.5 Å². The summed E-state index contributed by atoms with van der Waals surface area (Å²) in [6.07, 6.45) is 1.77. The molecule has 0 bridgehead atoms. The molecule has 4 heteroatoms. The third-order valence-corrected chi connectivity index (χ3v) is 4.86. The zero-order valence-corrected chi connectivity index (χ0v) is 16.3. The standard InChI is InChI=1S/C23H17BrO3/c1-15-2-4-16(5-3-15)12-22-23(25)20-11-10-19(13-21(20)27-22)26-14-17-6-8-18(24)9-7-17/h2-13H,14H2,1H3/b22-12-. The minimum atomic E-state index is -0.106. The number of allylic oxidation sites excluding steroid dienone is 1. The molecule has 0 unspecified atom stereocenters. The molecule has 0 saturated heterocycles. The van der Waals surface area contributed by atoms with Crippen LogP contribution in [0.4, 0.5) is 0 Å². The van der Waals surface area contributed by atoms with Gasteiger partial charge in [-0.05, 0) is 48.4 Å². The molecule has 0 N–H and O–H groups in total. The molecule has 4 rings (SSSR count). The van der Waals surface area contributed by atoms with E-state index in [0.717, 1.165) is 15.6 Å².